The van der Waals surface area contributed by atoms with E-state index in [9.17, 15) is 0 Å². The van der Waals surface area contributed by atoms with Crippen LogP contribution < -0.4 is 0 Å². The molecule has 0 N–H and O–H groups in total. The molecule has 0 aliphatic rings. The smallest absolute Gasteiger partial charge is 0.130 e. The third kappa shape index (κ3) is 1.59. The lowest BCUT2D eigenvalue weighted by Crippen LogP contribution is -2.01. The van der Waals surface area contributed by atoms with E-state index in [1.165, 1.54) is 11.7 Å². The predicted octanol–water partition coefficient (Wildman–Crippen LogP) is 1.99. The monoisotopic (exact) mass is 208 g/mol. The van der Waals surface area contributed by atoms with Crippen molar-refractivity contribution >= 4 is 22.8 Å². The number of aryl methyl sites for hydroxylation is 1. The van der Waals surface area contributed by atoms with Crippen molar-refractivity contribution in [3.63, 3.8) is 0 Å². The summed E-state index contributed by atoms with van der Waals surface area (Å²) < 4.78 is 8.47. The molecule has 74 valence electrons. The van der Waals surface area contributed by atoms with Gasteiger partial charge in [-0.3, -0.25) is 0 Å². The SMILES string of the molecule is Cc1nnc(CC(C)C)c2nsnc12. The van der Waals surface area contributed by atoms with Gasteiger partial charge < -0.3 is 0 Å². The maximum atomic E-state index is 4.26. The Kier molecular flexibility index (Phi) is 2.41. The third-order valence-corrected chi connectivity index (χ3v) is 2.56. The summed E-state index contributed by atoms with van der Waals surface area (Å²) in [5.41, 5.74) is 3.66. The zero-order valence-electron chi connectivity index (χ0n) is 8.48. The normalized spacial score (nSPS) is 11.4. The molecule has 0 aliphatic carbocycles. The zero-order valence-corrected chi connectivity index (χ0v) is 9.30. The molecule has 0 radical (unpaired) electrons. The van der Waals surface area contributed by atoms with Crippen molar-refractivity contribution in [3.8, 4) is 0 Å². The first-order valence-electron chi connectivity index (χ1n) is 4.63. The second-order valence-corrected chi connectivity index (χ2v) is 4.32. The van der Waals surface area contributed by atoms with Crippen molar-refractivity contribution in [2.75, 3.05) is 0 Å². The Hall–Kier alpha value is -1.10. The minimum Gasteiger partial charge on any atom is -0.171 e. The van der Waals surface area contributed by atoms with Crippen LogP contribution in [-0.4, -0.2) is 18.9 Å². The summed E-state index contributed by atoms with van der Waals surface area (Å²) in [7, 11) is 0. The molecule has 0 fully saturated rings. The van der Waals surface area contributed by atoms with E-state index in [1.54, 1.807) is 0 Å². The number of aromatic nitrogens is 4. The van der Waals surface area contributed by atoms with Gasteiger partial charge >= 0.3 is 0 Å². The highest BCUT2D eigenvalue weighted by Gasteiger charge is 2.11. The van der Waals surface area contributed by atoms with Crippen LogP contribution in [-0.2, 0) is 6.42 Å². The molecule has 0 amide bonds. The van der Waals surface area contributed by atoms with E-state index in [2.05, 4.69) is 32.8 Å². The lowest BCUT2D eigenvalue weighted by atomic mass is 10.1. The molecule has 5 heteroatoms. The Labute approximate surface area is 86.7 Å². The highest BCUT2D eigenvalue weighted by molar-refractivity contribution is 7.00. The number of hydrogen-bond acceptors (Lipinski definition) is 5. The number of fused-ring (bicyclic) bond motifs is 1. The summed E-state index contributed by atoms with van der Waals surface area (Å²) in [5.74, 6) is 0.567. The second-order valence-electron chi connectivity index (χ2n) is 3.79. The van der Waals surface area contributed by atoms with Crippen molar-refractivity contribution in [3.05, 3.63) is 11.4 Å². The van der Waals surface area contributed by atoms with Gasteiger partial charge in [-0.2, -0.15) is 18.9 Å². The minimum atomic E-state index is 0.567. The van der Waals surface area contributed by atoms with E-state index in [0.29, 0.717) is 5.92 Å². The van der Waals surface area contributed by atoms with E-state index in [-0.39, 0.29) is 0 Å². The number of hydrogen-bond donors (Lipinski definition) is 0. The van der Waals surface area contributed by atoms with Gasteiger partial charge in [0.1, 0.15) is 11.0 Å². The fourth-order valence-corrected chi connectivity index (χ4v) is 1.98. The van der Waals surface area contributed by atoms with Gasteiger partial charge in [0.15, 0.2) is 0 Å². The van der Waals surface area contributed by atoms with Gasteiger partial charge in [0, 0.05) is 0 Å². The fourth-order valence-electron chi connectivity index (χ4n) is 1.37. The number of nitrogens with zero attached hydrogens (tertiary/aromatic N) is 4. The first-order valence-corrected chi connectivity index (χ1v) is 5.36. The lowest BCUT2D eigenvalue weighted by Gasteiger charge is -2.03. The van der Waals surface area contributed by atoms with Crippen LogP contribution in [0.25, 0.3) is 11.0 Å². The first kappa shape index (κ1) is 9.45. The summed E-state index contributed by atoms with van der Waals surface area (Å²) in [6, 6.07) is 0. The average Bonchev–Trinajstić information content (AvgIpc) is 2.58. The van der Waals surface area contributed by atoms with E-state index >= 15 is 0 Å². The maximum absolute atomic E-state index is 4.26. The molecule has 2 aromatic heterocycles. The highest BCUT2D eigenvalue weighted by atomic mass is 32.1. The summed E-state index contributed by atoms with van der Waals surface area (Å²) >= 11 is 1.23. The van der Waals surface area contributed by atoms with Gasteiger partial charge in [-0.25, -0.2) is 0 Å². The molecule has 0 aromatic carbocycles. The minimum absolute atomic E-state index is 0.567. The maximum Gasteiger partial charge on any atom is 0.130 e. The van der Waals surface area contributed by atoms with Crippen LogP contribution in [0, 0.1) is 12.8 Å². The van der Waals surface area contributed by atoms with E-state index in [1.807, 2.05) is 6.92 Å². The van der Waals surface area contributed by atoms with Crippen LogP contribution in [0.15, 0.2) is 0 Å². The Morgan fingerprint density at radius 3 is 2.57 bits per heavy atom. The Bertz CT molecular complexity index is 449. The molecule has 0 aliphatic heterocycles. The molecule has 0 saturated carbocycles. The zero-order chi connectivity index (χ0) is 10.1. The summed E-state index contributed by atoms with van der Waals surface area (Å²) in [5, 5.41) is 8.26. The van der Waals surface area contributed by atoms with Crippen LogP contribution in [0.5, 0.6) is 0 Å². The second kappa shape index (κ2) is 3.57. The van der Waals surface area contributed by atoms with Crippen molar-refractivity contribution in [2.45, 2.75) is 27.2 Å². The van der Waals surface area contributed by atoms with Gasteiger partial charge in [0.2, 0.25) is 0 Å². The van der Waals surface area contributed by atoms with Crippen molar-refractivity contribution in [1.29, 1.82) is 0 Å². The highest BCUT2D eigenvalue weighted by Crippen LogP contribution is 2.18. The molecular weight excluding hydrogens is 196 g/mol. The van der Waals surface area contributed by atoms with Crippen LogP contribution >= 0.6 is 11.7 Å². The molecule has 0 spiro atoms. The molecule has 14 heavy (non-hydrogen) atoms. The molecule has 0 atom stereocenters. The lowest BCUT2D eigenvalue weighted by molar-refractivity contribution is 0.631. The Morgan fingerprint density at radius 2 is 1.86 bits per heavy atom. The third-order valence-electron chi connectivity index (χ3n) is 2.03. The largest absolute Gasteiger partial charge is 0.171 e. The van der Waals surface area contributed by atoms with Crippen LogP contribution in [0.3, 0.4) is 0 Å². The Balaban J connectivity index is 2.55. The van der Waals surface area contributed by atoms with Gasteiger partial charge in [0.05, 0.1) is 23.1 Å². The van der Waals surface area contributed by atoms with Crippen molar-refractivity contribution in [1.82, 2.24) is 18.9 Å². The average molecular weight is 208 g/mol. The predicted molar refractivity (Wildman–Crippen MR) is 56.3 cm³/mol. The molecular formula is C9H12N4S. The van der Waals surface area contributed by atoms with Gasteiger partial charge in [-0.15, -0.1) is 0 Å². The van der Waals surface area contributed by atoms with Crippen LogP contribution in [0.1, 0.15) is 25.2 Å². The molecule has 0 unspecified atom stereocenters. The molecule has 0 saturated heterocycles. The van der Waals surface area contributed by atoms with E-state index in [4.69, 9.17) is 0 Å². The van der Waals surface area contributed by atoms with Crippen LogP contribution in [0.2, 0.25) is 0 Å². The fraction of sp³-hybridized carbons (Fsp3) is 0.556. The summed E-state index contributed by atoms with van der Waals surface area (Å²) in [4.78, 5) is 0. The molecule has 2 aromatic rings. The van der Waals surface area contributed by atoms with E-state index in [0.717, 1.165) is 28.8 Å². The van der Waals surface area contributed by atoms with E-state index < -0.39 is 0 Å². The summed E-state index contributed by atoms with van der Waals surface area (Å²) in [6.07, 6.45) is 0.912. The Morgan fingerprint density at radius 1 is 1.14 bits per heavy atom. The first-order chi connectivity index (χ1) is 6.68. The standard InChI is InChI=1S/C9H12N4S/c1-5(2)4-7-9-8(12-14-13-9)6(3)10-11-7/h5H,4H2,1-3H3. The molecule has 2 heterocycles. The molecule has 4 nitrogen and oxygen atoms in total. The van der Waals surface area contributed by atoms with Gasteiger partial charge in [0.25, 0.3) is 0 Å². The van der Waals surface area contributed by atoms with Crippen molar-refractivity contribution < 1.29 is 0 Å². The van der Waals surface area contributed by atoms with Gasteiger partial charge in [-0.1, -0.05) is 13.8 Å². The number of rotatable bonds is 2. The van der Waals surface area contributed by atoms with Gasteiger partial charge in [-0.05, 0) is 19.3 Å². The molecule has 0 bridgehead atoms. The van der Waals surface area contributed by atoms with Crippen molar-refractivity contribution in [2.24, 2.45) is 5.92 Å². The quantitative estimate of drug-likeness (QED) is 0.757. The van der Waals surface area contributed by atoms with Crippen LogP contribution in [0.4, 0.5) is 0 Å². The summed E-state index contributed by atoms with van der Waals surface area (Å²) in [6.45, 7) is 6.23. The topological polar surface area (TPSA) is 51.6 Å². The molecule has 2 rings (SSSR count).